The maximum Gasteiger partial charge on any atom is 0.358 e. The van der Waals surface area contributed by atoms with Gasteiger partial charge in [0.25, 0.3) is 0 Å². The Balaban J connectivity index is 5.02. The van der Waals surface area contributed by atoms with E-state index in [1.54, 1.807) is 6.92 Å². The van der Waals surface area contributed by atoms with Gasteiger partial charge in [-0.15, -0.1) is 0 Å². The molecule has 6 nitrogen and oxygen atoms in total. The van der Waals surface area contributed by atoms with Crippen molar-refractivity contribution in [2.24, 2.45) is 5.92 Å². The largest absolute Gasteiger partial charge is 0.437 e. The van der Waals surface area contributed by atoms with E-state index < -0.39 is 54.2 Å². The molecule has 0 spiro atoms. The van der Waals surface area contributed by atoms with E-state index in [4.69, 9.17) is 16.5 Å². The van der Waals surface area contributed by atoms with Crippen molar-refractivity contribution in [1.82, 2.24) is 0 Å². The molecule has 0 saturated heterocycles. The summed E-state index contributed by atoms with van der Waals surface area (Å²) in [7, 11) is -11.1. The fraction of sp³-hybridized carbons (Fsp3) is 0.933. The molecule has 0 aliphatic heterocycles. The Morgan fingerprint density at radius 1 is 0.692 bits per heavy atom. The summed E-state index contributed by atoms with van der Waals surface area (Å²) >= 11 is 0. The van der Waals surface area contributed by atoms with Gasteiger partial charge in [-0.1, -0.05) is 6.92 Å². The van der Waals surface area contributed by atoms with Gasteiger partial charge in [0.2, 0.25) is 0 Å². The zero-order valence-electron chi connectivity index (χ0n) is 18.7. The first-order valence-corrected chi connectivity index (χ1v) is 24.1. The molecule has 0 bridgehead atoms. The second kappa shape index (κ2) is 8.82. The Labute approximate surface area is 165 Å². The van der Waals surface area contributed by atoms with E-state index in [1.807, 2.05) is 39.3 Å². The lowest BCUT2D eigenvalue weighted by atomic mass is 10.2. The Kier molecular flexibility index (Phi) is 8.95. The highest BCUT2D eigenvalue weighted by Crippen LogP contribution is 2.28. The van der Waals surface area contributed by atoms with Crippen molar-refractivity contribution in [2.45, 2.75) is 85.0 Å². The zero-order chi connectivity index (χ0) is 21.2. The Hall–Kier alpha value is 0.394. The fourth-order valence-corrected chi connectivity index (χ4v) is 27.8. The minimum atomic E-state index is -2.47. The first kappa shape index (κ1) is 26.4. The van der Waals surface area contributed by atoms with Crippen LogP contribution in [0.5, 0.6) is 0 Å². The molecule has 1 radical (unpaired) electrons. The van der Waals surface area contributed by atoms with E-state index in [0.717, 1.165) is 0 Å². The third-order valence-corrected chi connectivity index (χ3v) is 21.3. The quantitative estimate of drug-likeness (QED) is 0.419. The normalized spacial score (nSPS) is 15.8. The summed E-state index contributed by atoms with van der Waals surface area (Å²) in [6, 6.07) is 0.511. The molecule has 0 aromatic heterocycles. The standard InChI is InChI=1S/C15H39O6Si5/c1-14(15(16)17)13-23(5,6)19-25(9,10)21-26(11,12)20-24(7,8)18-22(2,3)4/h14H,13H2,1-12H3. The summed E-state index contributed by atoms with van der Waals surface area (Å²) in [6.45, 7) is 24.5. The highest BCUT2D eigenvalue weighted by molar-refractivity contribution is 6.90. The van der Waals surface area contributed by atoms with Gasteiger partial charge in [-0.05, 0) is 78.1 Å². The maximum atomic E-state index is 11.1. The van der Waals surface area contributed by atoms with Crippen LogP contribution < -0.4 is 0 Å². The van der Waals surface area contributed by atoms with Gasteiger partial charge >= 0.3 is 31.7 Å². The minimum absolute atomic E-state index is 0.511. The topological polar surface area (TPSA) is 73.9 Å². The van der Waals surface area contributed by atoms with Crippen LogP contribution in [0.15, 0.2) is 0 Å². The third kappa shape index (κ3) is 12.0. The van der Waals surface area contributed by atoms with Gasteiger partial charge in [0, 0.05) is 0 Å². The number of rotatable bonds is 11. The number of hydrogen-bond acceptors (Lipinski definition) is 5. The van der Waals surface area contributed by atoms with E-state index in [1.165, 1.54) is 0 Å². The number of carbonyl (C=O) groups is 1. The van der Waals surface area contributed by atoms with Crippen LogP contribution in [0.3, 0.4) is 0 Å². The van der Waals surface area contributed by atoms with E-state index in [0.29, 0.717) is 6.04 Å². The van der Waals surface area contributed by atoms with Crippen molar-refractivity contribution in [3.8, 4) is 0 Å². The van der Waals surface area contributed by atoms with Gasteiger partial charge in [0.05, 0.1) is 5.92 Å². The highest BCUT2D eigenvalue weighted by atomic mass is 28.5. The Morgan fingerprint density at radius 3 is 1.38 bits per heavy atom. The van der Waals surface area contributed by atoms with Crippen LogP contribution in [0.25, 0.3) is 0 Å². The zero-order valence-corrected chi connectivity index (χ0v) is 23.7. The van der Waals surface area contributed by atoms with Gasteiger partial charge in [-0.25, -0.2) is 9.90 Å². The molecule has 0 rings (SSSR count). The minimum Gasteiger partial charge on any atom is -0.437 e. The van der Waals surface area contributed by atoms with Crippen LogP contribution in [0.2, 0.25) is 78.1 Å². The molecule has 0 heterocycles. The molecule has 26 heavy (non-hydrogen) atoms. The molecule has 0 fully saturated rings. The predicted octanol–water partition coefficient (Wildman–Crippen LogP) is 4.79. The van der Waals surface area contributed by atoms with Crippen LogP contribution in [0.1, 0.15) is 6.92 Å². The van der Waals surface area contributed by atoms with Crippen LogP contribution >= 0.6 is 0 Å². The lowest BCUT2D eigenvalue weighted by Gasteiger charge is -2.42. The summed E-state index contributed by atoms with van der Waals surface area (Å²) in [6.07, 6.45) is 0. The first-order chi connectivity index (χ1) is 11.2. The van der Waals surface area contributed by atoms with Gasteiger partial charge in [0.15, 0.2) is 16.6 Å². The van der Waals surface area contributed by atoms with E-state index in [9.17, 15) is 9.90 Å². The molecular formula is C15H39O6Si5. The molecule has 0 aromatic carbocycles. The van der Waals surface area contributed by atoms with Gasteiger partial charge in [-0.3, -0.25) is 0 Å². The molecule has 1 unspecified atom stereocenters. The van der Waals surface area contributed by atoms with Crippen molar-refractivity contribution in [2.75, 3.05) is 0 Å². The lowest BCUT2D eigenvalue weighted by Crippen LogP contribution is -2.58. The van der Waals surface area contributed by atoms with E-state index in [-0.39, 0.29) is 0 Å². The second-order valence-corrected chi connectivity index (χ2v) is 29.7. The van der Waals surface area contributed by atoms with Crippen molar-refractivity contribution in [1.29, 1.82) is 0 Å². The average Bonchev–Trinajstić information content (AvgIpc) is 2.17. The molecule has 155 valence electrons. The number of carbonyl (C=O) groups excluding carboxylic acids is 1. The summed E-state index contributed by atoms with van der Waals surface area (Å²) in [4.78, 5) is 11.1. The first-order valence-electron chi connectivity index (χ1n) is 9.17. The molecule has 0 aliphatic rings. The SMILES string of the molecule is CC(C[Si](C)(C)O[Si](C)(C)O[Si](C)(C)O[Si](C)(C)O[Si](C)(C)C)C([O])=O. The molecule has 0 N–H and O–H groups in total. The van der Waals surface area contributed by atoms with Crippen LogP contribution in [-0.2, 0) is 26.4 Å². The van der Waals surface area contributed by atoms with E-state index in [2.05, 4.69) is 32.7 Å². The van der Waals surface area contributed by atoms with Crippen molar-refractivity contribution < 1.29 is 26.4 Å². The van der Waals surface area contributed by atoms with Gasteiger partial charge < -0.3 is 16.5 Å². The smallest absolute Gasteiger partial charge is 0.358 e. The summed E-state index contributed by atoms with van der Waals surface area (Å²) < 4.78 is 25.5. The van der Waals surface area contributed by atoms with Crippen LogP contribution in [-0.4, -0.2) is 48.3 Å². The summed E-state index contributed by atoms with van der Waals surface area (Å²) in [5.74, 6) is -1.54. The monoisotopic (exact) mass is 455 g/mol. The highest BCUT2D eigenvalue weighted by Gasteiger charge is 2.45. The lowest BCUT2D eigenvalue weighted by molar-refractivity contribution is -0.146. The molecule has 1 atom stereocenters. The average molecular weight is 456 g/mol. The molecule has 11 heteroatoms. The van der Waals surface area contributed by atoms with Crippen molar-refractivity contribution in [3.05, 3.63) is 0 Å². The van der Waals surface area contributed by atoms with Gasteiger partial charge in [0.1, 0.15) is 0 Å². The summed E-state index contributed by atoms with van der Waals surface area (Å²) in [5, 5.41) is 11.1. The third-order valence-electron chi connectivity index (χ3n) is 3.26. The van der Waals surface area contributed by atoms with Crippen LogP contribution in [0.4, 0.5) is 0 Å². The predicted molar refractivity (Wildman–Crippen MR) is 117 cm³/mol. The summed E-state index contributed by atoms with van der Waals surface area (Å²) in [5.41, 5.74) is 0. The Bertz CT molecular complexity index is 487. The maximum absolute atomic E-state index is 11.1. The molecule has 0 saturated carbocycles. The van der Waals surface area contributed by atoms with E-state index >= 15 is 0 Å². The second-order valence-electron chi connectivity index (χ2n) is 9.90. The molecule has 0 amide bonds. The van der Waals surface area contributed by atoms with Crippen molar-refractivity contribution >= 4 is 48.3 Å². The molecule has 0 aliphatic carbocycles. The number of hydrogen-bond donors (Lipinski definition) is 0. The van der Waals surface area contributed by atoms with Gasteiger partial charge in [-0.2, -0.15) is 0 Å². The molecular weight excluding hydrogens is 417 g/mol. The van der Waals surface area contributed by atoms with Crippen molar-refractivity contribution in [3.63, 3.8) is 0 Å². The Morgan fingerprint density at radius 2 is 1.04 bits per heavy atom. The van der Waals surface area contributed by atoms with Crippen LogP contribution in [0, 0.1) is 5.92 Å². The fourth-order valence-electron chi connectivity index (χ4n) is 3.51. The molecule has 0 aromatic rings.